The van der Waals surface area contributed by atoms with Crippen LogP contribution in [0.5, 0.6) is 0 Å². The summed E-state index contributed by atoms with van der Waals surface area (Å²) in [6, 6.07) is 5.86. The van der Waals surface area contributed by atoms with Crippen molar-refractivity contribution < 1.29 is 9.90 Å². The fourth-order valence-electron chi connectivity index (χ4n) is 3.91. The average Bonchev–Trinajstić information content (AvgIpc) is 3.09. The summed E-state index contributed by atoms with van der Waals surface area (Å²) < 4.78 is 1.71. The summed E-state index contributed by atoms with van der Waals surface area (Å²) in [5.74, 6) is 0.808. The molecule has 2 N–H and O–H groups in total. The van der Waals surface area contributed by atoms with Crippen LogP contribution in [0.2, 0.25) is 0 Å². The number of aromatic nitrogens is 5. The van der Waals surface area contributed by atoms with E-state index in [9.17, 15) is 9.90 Å². The highest BCUT2D eigenvalue weighted by molar-refractivity contribution is 5.68. The van der Waals surface area contributed by atoms with Crippen molar-refractivity contribution in [2.75, 3.05) is 11.9 Å². The highest BCUT2D eigenvalue weighted by Crippen LogP contribution is 2.22. The van der Waals surface area contributed by atoms with E-state index < -0.39 is 12.0 Å². The summed E-state index contributed by atoms with van der Waals surface area (Å²) >= 11 is 0. The van der Waals surface area contributed by atoms with E-state index in [2.05, 4.69) is 32.5 Å². The van der Waals surface area contributed by atoms with Crippen molar-refractivity contribution in [2.24, 2.45) is 0 Å². The number of aliphatic carboxylic acids is 1. The summed E-state index contributed by atoms with van der Waals surface area (Å²) in [5, 5.41) is 17.4. The number of nitrogens with one attached hydrogen (secondary N) is 1. The standard InChI is InChI=1S/C23H28N6O2/c1-16-25-14-18(15-26-16)21(13-22(30)31)29-12-10-20(28-29)7-4-6-19-9-8-17-5-2-3-11-24-23(17)27-19/h8-10,12,14-15,21H,2-7,11,13H2,1H3,(H,24,27)(H,30,31). The smallest absolute Gasteiger partial charge is 0.305 e. The number of pyridine rings is 1. The Labute approximate surface area is 181 Å². The summed E-state index contributed by atoms with van der Waals surface area (Å²) in [6.07, 6.45) is 11.2. The Morgan fingerprint density at radius 2 is 1.97 bits per heavy atom. The van der Waals surface area contributed by atoms with Gasteiger partial charge in [-0.25, -0.2) is 15.0 Å². The van der Waals surface area contributed by atoms with E-state index in [-0.39, 0.29) is 6.42 Å². The molecule has 4 heterocycles. The van der Waals surface area contributed by atoms with Crippen LogP contribution in [0.3, 0.4) is 0 Å². The minimum atomic E-state index is -0.884. The Hall–Kier alpha value is -3.29. The predicted molar refractivity (Wildman–Crippen MR) is 117 cm³/mol. The number of hydrogen-bond donors (Lipinski definition) is 2. The lowest BCUT2D eigenvalue weighted by Crippen LogP contribution is -2.16. The Bertz CT molecular complexity index is 1030. The quantitative estimate of drug-likeness (QED) is 0.575. The molecule has 0 aliphatic carbocycles. The van der Waals surface area contributed by atoms with Crippen molar-refractivity contribution in [3.63, 3.8) is 0 Å². The highest BCUT2D eigenvalue weighted by atomic mass is 16.4. The van der Waals surface area contributed by atoms with Gasteiger partial charge in [0, 0.05) is 36.4 Å². The fourth-order valence-corrected chi connectivity index (χ4v) is 3.91. The maximum absolute atomic E-state index is 11.4. The molecule has 4 rings (SSSR count). The molecule has 3 aromatic heterocycles. The van der Waals surface area contributed by atoms with Gasteiger partial charge in [0.05, 0.1) is 18.2 Å². The maximum atomic E-state index is 11.4. The van der Waals surface area contributed by atoms with Crippen molar-refractivity contribution in [2.45, 2.75) is 57.9 Å². The Morgan fingerprint density at radius 3 is 2.77 bits per heavy atom. The molecule has 8 heteroatoms. The molecule has 1 atom stereocenters. The van der Waals surface area contributed by atoms with Gasteiger partial charge in [-0.1, -0.05) is 6.07 Å². The number of carboxylic acid groups (broad SMARTS) is 1. The summed E-state index contributed by atoms with van der Waals surface area (Å²) in [6.45, 7) is 2.79. The third kappa shape index (κ3) is 5.45. The van der Waals surface area contributed by atoms with Crippen LogP contribution in [0.25, 0.3) is 0 Å². The van der Waals surface area contributed by atoms with E-state index in [0.717, 1.165) is 55.0 Å². The van der Waals surface area contributed by atoms with Crippen molar-refractivity contribution in [1.82, 2.24) is 24.7 Å². The van der Waals surface area contributed by atoms with Crippen LogP contribution in [0.4, 0.5) is 5.82 Å². The van der Waals surface area contributed by atoms with Gasteiger partial charge in [0.1, 0.15) is 11.6 Å². The van der Waals surface area contributed by atoms with Gasteiger partial charge in [-0.2, -0.15) is 5.10 Å². The SMILES string of the molecule is Cc1ncc(C(CC(=O)O)n2ccc(CCCc3ccc4c(n3)NCCCC4)n2)cn1. The van der Waals surface area contributed by atoms with Crippen LogP contribution in [-0.4, -0.2) is 42.4 Å². The van der Waals surface area contributed by atoms with Crippen LogP contribution in [0.15, 0.2) is 36.8 Å². The number of carboxylic acids is 1. The van der Waals surface area contributed by atoms with E-state index in [1.807, 2.05) is 12.3 Å². The van der Waals surface area contributed by atoms with Gasteiger partial charge in [-0.05, 0) is 63.1 Å². The second kappa shape index (κ2) is 9.68. The van der Waals surface area contributed by atoms with Crippen molar-refractivity contribution in [3.8, 4) is 0 Å². The van der Waals surface area contributed by atoms with E-state index in [1.165, 1.54) is 18.4 Å². The number of hydrogen-bond acceptors (Lipinski definition) is 6. The third-order valence-corrected chi connectivity index (χ3v) is 5.60. The van der Waals surface area contributed by atoms with Crippen LogP contribution >= 0.6 is 0 Å². The molecule has 8 nitrogen and oxygen atoms in total. The first-order chi connectivity index (χ1) is 15.1. The van der Waals surface area contributed by atoms with E-state index in [0.29, 0.717) is 5.82 Å². The zero-order valence-electron chi connectivity index (χ0n) is 17.8. The van der Waals surface area contributed by atoms with Crippen LogP contribution in [0.1, 0.15) is 60.1 Å². The van der Waals surface area contributed by atoms with Gasteiger partial charge in [0.2, 0.25) is 0 Å². The number of rotatable bonds is 8. The Kier molecular flexibility index (Phi) is 6.54. The normalized spacial score (nSPS) is 14.4. The molecule has 1 unspecified atom stereocenters. The third-order valence-electron chi connectivity index (χ3n) is 5.60. The topological polar surface area (TPSA) is 106 Å². The van der Waals surface area contributed by atoms with Crippen LogP contribution in [-0.2, 0) is 24.1 Å². The van der Waals surface area contributed by atoms with Crippen molar-refractivity contribution in [1.29, 1.82) is 0 Å². The van der Waals surface area contributed by atoms with Gasteiger partial charge in [-0.15, -0.1) is 0 Å². The summed E-state index contributed by atoms with van der Waals surface area (Å²) in [7, 11) is 0. The molecule has 31 heavy (non-hydrogen) atoms. The van der Waals surface area contributed by atoms with Gasteiger partial charge < -0.3 is 10.4 Å². The molecule has 0 aromatic carbocycles. The monoisotopic (exact) mass is 420 g/mol. The van der Waals surface area contributed by atoms with Crippen molar-refractivity contribution in [3.05, 3.63) is 65.1 Å². The van der Waals surface area contributed by atoms with Crippen molar-refractivity contribution >= 4 is 11.8 Å². The van der Waals surface area contributed by atoms with E-state index >= 15 is 0 Å². The molecular formula is C23H28N6O2. The zero-order valence-corrected chi connectivity index (χ0v) is 17.8. The molecule has 1 aliphatic rings. The first-order valence-electron chi connectivity index (χ1n) is 10.9. The molecule has 1 aliphatic heterocycles. The first-order valence-corrected chi connectivity index (χ1v) is 10.9. The lowest BCUT2D eigenvalue weighted by molar-refractivity contribution is -0.137. The molecule has 0 amide bonds. The fraction of sp³-hybridized carbons (Fsp3) is 0.435. The minimum absolute atomic E-state index is 0.0699. The van der Waals surface area contributed by atoms with E-state index in [4.69, 9.17) is 4.98 Å². The second-order valence-corrected chi connectivity index (χ2v) is 8.01. The molecular weight excluding hydrogens is 392 g/mol. The number of aryl methyl sites for hydroxylation is 4. The number of anilines is 1. The Morgan fingerprint density at radius 1 is 1.16 bits per heavy atom. The second-order valence-electron chi connectivity index (χ2n) is 8.01. The lowest BCUT2D eigenvalue weighted by Gasteiger charge is -2.15. The molecule has 0 bridgehead atoms. The molecule has 0 fully saturated rings. The number of nitrogens with zero attached hydrogens (tertiary/aromatic N) is 5. The van der Waals surface area contributed by atoms with Crippen LogP contribution < -0.4 is 5.32 Å². The molecule has 0 saturated carbocycles. The number of carbonyl (C=O) groups is 1. The van der Waals surface area contributed by atoms with Gasteiger partial charge in [0.25, 0.3) is 0 Å². The highest BCUT2D eigenvalue weighted by Gasteiger charge is 2.19. The molecule has 162 valence electrons. The zero-order chi connectivity index (χ0) is 21.6. The van der Waals surface area contributed by atoms with Gasteiger partial charge >= 0.3 is 5.97 Å². The lowest BCUT2D eigenvalue weighted by atomic mass is 10.1. The molecule has 0 spiro atoms. The summed E-state index contributed by atoms with van der Waals surface area (Å²) in [4.78, 5) is 24.6. The van der Waals surface area contributed by atoms with Gasteiger partial charge in [-0.3, -0.25) is 9.48 Å². The first kappa shape index (κ1) is 21.0. The largest absolute Gasteiger partial charge is 0.481 e. The predicted octanol–water partition coefficient (Wildman–Crippen LogP) is 3.36. The minimum Gasteiger partial charge on any atom is -0.481 e. The van der Waals surface area contributed by atoms with Crippen LogP contribution in [0, 0.1) is 6.92 Å². The molecule has 0 saturated heterocycles. The molecule has 3 aromatic rings. The maximum Gasteiger partial charge on any atom is 0.305 e. The Balaban J connectivity index is 1.39. The number of fused-ring (bicyclic) bond motifs is 1. The summed E-state index contributed by atoms with van der Waals surface area (Å²) in [5.41, 5.74) is 4.08. The average molecular weight is 421 g/mol. The van der Waals surface area contributed by atoms with Gasteiger partial charge in [0.15, 0.2) is 0 Å². The van der Waals surface area contributed by atoms with E-state index in [1.54, 1.807) is 24.0 Å². The molecule has 0 radical (unpaired) electrons.